The Balaban J connectivity index is 1.32. The molecule has 5 aromatic carbocycles. The molecule has 206 valence electrons. The second kappa shape index (κ2) is 11.4. The standard InChI is InChI=1S/C35H25NO4S2/c37-30(38)20-39-29-16-8-15-28-31-33(35(40-32(28)29)41-21-22-9-2-1-3-10-22)42-34(36-31)27-14-7-6-13-26(27)25-18-17-23-11-4-5-12-24(23)19-25/h1-19,35H,20-21H2,(H,37,38). The van der Waals surface area contributed by atoms with Crippen molar-refractivity contribution in [3.63, 3.8) is 0 Å². The summed E-state index contributed by atoms with van der Waals surface area (Å²) >= 11 is 3.32. The molecule has 1 N–H and O–H groups in total. The molecular weight excluding hydrogens is 563 g/mol. The van der Waals surface area contributed by atoms with E-state index in [1.165, 1.54) is 16.3 Å². The van der Waals surface area contributed by atoms with Gasteiger partial charge in [-0.2, -0.15) is 0 Å². The van der Waals surface area contributed by atoms with Crippen LogP contribution in [0, 0.1) is 0 Å². The Morgan fingerprint density at radius 2 is 1.57 bits per heavy atom. The number of carbonyl (C=O) groups is 1. The maximum atomic E-state index is 11.3. The van der Waals surface area contributed by atoms with Crippen molar-refractivity contribution in [1.29, 1.82) is 0 Å². The number of aliphatic carboxylic acids is 1. The summed E-state index contributed by atoms with van der Waals surface area (Å²) in [6, 6.07) is 39.1. The van der Waals surface area contributed by atoms with Crippen molar-refractivity contribution in [3.8, 4) is 44.5 Å². The van der Waals surface area contributed by atoms with Crippen molar-refractivity contribution in [2.24, 2.45) is 0 Å². The lowest BCUT2D eigenvalue weighted by Gasteiger charge is -2.26. The first-order chi connectivity index (χ1) is 20.6. The van der Waals surface area contributed by atoms with Gasteiger partial charge in [0.25, 0.3) is 0 Å². The molecule has 1 aliphatic heterocycles. The zero-order valence-corrected chi connectivity index (χ0v) is 24.0. The van der Waals surface area contributed by atoms with Crippen molar-refractivity contribution in [2.45, 2.75) is 11.2 Å². The van der Waals surface area contributed by atoms with Crippen LogP contribution in [0.3, 0.4) is 0 Å². The van der Waals surface area contributed by atoms with Gasteiger partial charge in [0.2, 0.25) is 0 Å². The van der Waals surface area contributed by atoms with E-state index in [4.69, 9.17) is 14.5 Å². The smallest absolute Gasteiger partial charge is 0.341 e. The van der Waals surface area contributed by atoms with Gasteiger partial charge in [0, 0.05) is 16.9 Å². The highest BCUT2D eigenvalue weighted by Crippen LogP contribution is 2.54. The van der Waals surface area contributed by atoms with Gasteiger partial charge in [0.15, 0.2) is 23.5 Å². The summed E-state index contributed by atoms with van der Waals surface area (Å²) < 4.78 is 12.2. The van der Waals surface area contributed by atoms with Gasteiger partial charge in [-0.1, -0.05) is 97.1 Å². The van der Waals surface area contributed by atoms with Gasteiger partial charge < -0.3 is 14.6 Å². The normalized spacial score (nSPS) is 13.7. The molecule has 6 aromatic rings. The molecule has 7 rings (SSSR count). The Bertz CT molecular complexity index is 1920. The van der Waals surface area contributed by atoms with E-state index in [0.29, 0.717) is 11.5 Å². The molecule has 5 nitrogen and oxygen atoms in total. The summed E-state index contributed by atoms with van der Waals surface area (Å²) in [4.78, 5) is 17.5. The molecule has 7 heteroatoms. The van der Waals surface area contributed by atoms with Crippen LogP contribution in [0.2, 0.25) is 0 Å². The van der Waals surface area contributed by atoms with Crippen LogP contribution in [0.15, 0.2) is 115 Å². The molecule has 0 radical (unpaired) electrons. The summed E-state index contributed by atoms with van der Waals surface area (Å²) in [5, 5.41) is 12.5. The lowest BCUT2D eigenvalue weighted by atomic mass is 9.97. The lowest BCUT2D eigenvalue weighted by molar-refractivity contribution is -0.139. The second-order valence-electron chi connectivity index (χ2n) is 9.90. The number of nitrogens with zero attached hydrogens (tertiary/aromatic N) is 1. The zero-order valence-electron chi connectivity index (χ0n) is 22.4. The van der Waals surface area contributed by atoms with Crippen molar-refractivity contribution in [2.75, 3.05) is 6.61 Å². The molecule has 0 bridgehead atoms. The maximum Gasteiger partial charge on any atom is 0.341 e. The molecule has 0 aliphatic carbocycles. The zero-order chi connectivity index (χ0) is 28.5. The molecule has 42 heavy (non-hydrogen) atoms. The van der Waals surface area contributed by atoms with Crippen LogP contribution in [0.5, 0.6) is 11.5 Å². The first-order valence-electron chi connectivity index (χ1n) is 13.5. The fourth-order valence-corrected chi connectivity index (χ4v) is 7.51. The summed E-state index contributed by atoms with van der Waals surface area (Å²) in [5.41, 5.74) is 5.81. The summed E-state index contributed by atoms with van der Waals surface area (Å²) in [5.74, 6) is 0.632. The predicted molar refractivity (Wildman–Crippen MR) is 170 cm³/mol. The van der Waals surface area contributed by atoms with E-state index in [1.807, 2.05) is 36.4 Å². The third kappa shape index (κ3) is 5.13. The highest BCUT2D eigenvalue weighted by Gasteiger charge is 2.33. The Morgan fingerprint density at radius 3 is 2.40 bits per heavy atom. The number of hydrogen-bond acceptors (Lipinski definition) is 6. The third-order valence-electron chi connectivity index (χ3n) is 7.14. The third-order valence-corrected chi connectivity index (χ3v) is 9.56. The molecule has 0 saturated heterocycles. The Hall–Kier alpha value is -4.59. The summed E-state index contributed by atoms with van der Waals surface area (Å²) in [7, 11) is 0. The average molecular weight is 588 g/mol. The van der Waals surface area contributed by atoms with Crippen LogP contribution in [0.25, 0.3) is 43.7 Å². The predicted octanol–water partition coefficient (Wildman–Crippen LogP) is 9.09. The first kappa shape index (κ1) is 26.3. The van der Waals surface area contributed by atoms with Gasteiger partial charge in [-0.3, -0.25) is 0 Å². The highest BCUT2D eigenvalue weighted by atomic mass is 32.2. The molecule has 1 atom stereocenters. The molecule has 0 saturated carbocycles. The number of carboxylic acid groups (broad SMARTS) is 1. The topological polar surface area (TPSA) is 68.7 Å². The number of fused-ring (bicyclic) bond motifs is 4. The molecule has 1 unspecified atom stereocenters. The maximum absolute atomic E-state index is 11.3. The van der Waals surface area contributed by atoms with Gasteiger partial charge in [0.05, 0.1) is 10.6 Å². The number of ether oxygens (including phenoxy) is 2. The Morgan fingerprint density at radius 1 is 0.833 bits per heavy atom. The van der Waals surface area contributed by atoms with E-state index in [-0.39, 0.29) is 5.44 Å². The van der Waals surface area contributed by atoms with Gasteiger partial charge in [-0.25, -0.2) is 9.78 Å². The lowest BCUT2D eigenvalue weighted by Crippen LogP contribution is -2.14. The number of benzene rings is 5. The quantitative estimate of drug-likeness (QED) is 0.192. The summed E-state index contributed by atoms with van der Waals surface area (Å²) in [6.45, 7) is -0.448. The molecule has 1 aliphatic rings. The highest BCUT2D eigenvalue weighted by molar-refractivity contribution is 7.98. The monoisotopic (exact) mass is 587 g/mol. The number of rotatable bonds is 8. The Labute approximate surface area is 251 Å². The van der Waals surface area contributed by atoms with Crippen LogP contribution >= 0.6 is 23.1 Å². The molecule has 0 fully saturated rings. The van der Waals surface area contributed by atoms with Gasteiger partial charge >= 0.3 is 5.97 Å². The van der Waals surface area contributed by atoms with Crippen LogP contribution in [-0.2, 0) is 10.5 Å². The van der Waals surface area contributed by atoms with Crippen molar-refractivity contribution < 1.29 is 19.4 Å². The van der Waals surface area contributed by atoms with E-state index in [0.717, 1.165) is 43.6 Å². The molecule has 0 amide bonds. The van der Waals surface area contributed by atoms with Crippen LogP contribution in [-0.4, -0.2) is 22.7 Å². The SMILES string of the molecule is O=C(O)COc1cccc2c1OC(SCc1ccccc1)c1sc(-c3ccccc3-c3ccc4ccccc4c3)nc1-2. The fraction of sp³-hybridized carbons (Fsp3) is 0.0857. The number of thiazole rings is 1. The number of aromatic nitrogens is 1. The Kier molecular flexibility index (Phi) is 7.11. The van der Waals surface area contributed by atoms with Gasteiger partial charge in [-0.05, 0) is 45.7 Å². The van der Waals surface area contributed by atoms with Crippen LogP contribution in [0.1, 0.15) is 15.9 Å². The van der Waals surface area contributed by atoms with E-state index < -0.39 is 12.6 Å². The molecule has 0 spiro atoms. The number of hydrogen-bond donors (Lipinski definition) is 1. The van der Waals surface area contributed by atoms with Gasteiger partial charge in [-0.15, -0.1) is 23.1 Å². The van der Waals surface area contributed by atoms with Crippen molar-refractivity contribution in [3.05, 3.63) is 126 Å². The van der Waals surface area contributed by atoms with Gasteiger partial charge in [0.1, 0.15) is 5.01 Å². The first-order valence-corrected chi connectivity index (χ1v) is 15.4. The van der Waals surface area contributed by atoms with Crippen molar-refractivity contribution in [1.82, 2.24) is 4.98 Å². The van der Waals surface area contributed by atoms with E-state index in [9.17, 15) is 9.90 Å². The number of para-hydroxylation sites is 1. The van der Waals surface area contributed by atoms with Crippen molar-refractivity contribution >= 4 is 39.8 Å². The molecular formula is C35H25NO4S2. The second-order valence-corrected chi connectivity index (χ2v) is 12.0. The minimum atomic E-state index is -1.04. The minimum Gasteiger partial charge on any atom is -0.479 e. The van der Waals surface area contributed by atoms with E-state index >= 15 is 0 Å². The molecule has 1 aromatic heterocycles. The molecule has 2 heterocycles. The van der Waals surface area contributed by atoms with Crippen LogP contribution in [0.4, 0.5) is 0 Å². The van der Waals surface area contributed by atoms with E-state index in [2.05, 4.69) is 72.8 Å². The number of carboxylic acids is 1. The van der Waals surface area contributed by atoms with Crippen LogP contribution < -0.4 is 9.47 Å². The summed E-state index contributed by atoms with van der Waals surface area (Å²) in [6.07, 6.45) is 0. The number of thioether (sulfide) groups is 1. The fourth-order valence-electron chi connectivity index (χ4n) is 5.17. The van der Waals surface area contributed by atoms with E-state index in [1.54, 1.807) is 29.2 Å². The average Bonchev–Trinajstić information content (AvgIpc) is 3.49. The largest absolute Gasteiger partial charge is 0.479 e. The minimum absolute atomic E-state index is 0.332.